The Balaban J connectivity index is 1.55. The molecule has 0 aliphatic rings. The Labute approximate surface area is 132 Å². The first-order chi connectivity index (χ1) is 10.6. The van der Waals surface area contributed by atoms with Crippen LogP contribution in [0.15, 0.2) is 46.2 Å². The molecule has 0 saturated carbocycles. The molecule has 3 rings (SSSR count). The molecular weight excluding hydrogens is 298 g/mol. The molecule has 2 N–H and O–H groups in total. The molecular formula is C17H17NO3S. The van der Waals surface area contributed by atoms with Crippen molar-refractivity contribution in [1.29, 1.82) is 0 Å². The van der Waals surface area contributed by atoms with Crippen molar-refractivity contribution in [1.82, 2.24) is 5.32 Å². The van der Waals surface area contributed by atoms with Crippen LogP contribution in [0.4, 0.5) is 0 Å². The Morgan fingerprint density at radius 3 is 2.91 bits per heavy atom. The average molecular weight is 315 g/mol. The number of amides is 1. The van der Waals surface area contributed by atoms with Crippen LogP contribution in [0.2, 0.25) is 0 Å². The van der Waals surface area contributed by atoms with Crippen LogP contribution in [-0.4, -0.2) is 17.6 Å². The Bertz CT molecular complexity index is 757. The molecule has 1 unspecified atom stereocenters. The Hall–Kier alpha value is -2.11. The number of hydrogen-bond acceptors (Lipinski definition) is 4. The fourth-order valence-corrected chi connectivity index (χ4v) is 3.08. The van der Waals surface area contributed by atoms with E-state index in [0.29, 0.717) is 23.6 Å². The van der Waals surface area contributed by atoms with E-state index in [1.807, 2.05) is 48.7 Å². The van der Waals surface area contributed by atoms with Gasteiger partial charge in [-0.25, -0.2) is 0 Å². The molecule has 2 aromatic heterocycles. The van der Waals surface area contributed by atoms with E-state index < -0.39 is 6.10 Å². The highest BCUT2D eigenvalue weighted by Crippen LogP contribution is 2.25. The second-order valence-corrected chi connectivity index (χ2v) is 6.15. The summed E-state index contributed by atoms with van der Waals surface area (Å²) < 4.78 is 5.61. The summed E-state index contributed by atoms with van der Waals surface area (Å²) in [4.78, 5) is 12.6. The lowest BCUT2D eigenvalue weighted by atomic mass is 10.2. The maximum Gasteiger partial charge on any atom is 0.261 e. The summed E-state index contributed by atoms with van der Waals surface area (Å²) in [5.74, 6) is 0.428. The van der Waals surface area contributed by atoms with Crippen molar-refractivity contribution in [3.8, 4) is 0 Å². The monoisotopic (exact) mass is 315 g/mol. The number of aryl methyl sites for hydroxylation is 1. The minimum atomic E-state index is -0.724. The number of benzene rings is 1. The lowest BCUT2D eigenvalue weighted by molar-refractivity contribution is 0.0940. The van der Waals surface area contributed by atoms with E-state index in [9.17, 15) is 9.90 Å². The van der Waals surface area contributed by atoms with Crippen LogP contribution in [0.5, 0.6) is 0 Å². The van der Waals surface area contributed by atoms with E-state index >= 15 is 0 Å². The highest BCUT2D eigenvalue weighted by Gasteiger charge is 2.14. The zero-order valence-corrected chi connectivity index (χ0v) is 13.0. The number of rotatable bonds is 5. The molecule has 2 heterocycles. The molecule has 0 spiro atoms. The summed E-state index contributed by atoms with van der Waals surface area (Å²) in [5, 5.41) is 15.9. The van der Waals surface area contributed by atoms with E-state index in [2.05, 4.69) is 5.32 Å². The van der Waals surface area contributed by atoms with Crippen molar-refractivity contribution >= 4 is 28.2 Å². The first-order valence-electron chi connectivity index (χ1n) is 7.13. The van der Waals surface area contributed by atoms with Crippen molar-refractivity contribution in [2.24, 2.45) is 0 Å². The number of para-hydroxylation sites is 1. The summed E-state index contributed by atoms with van der Waals surface area (Å²) >= 11 is 1.42. The standard InChI is InChI=1S/C17H17NO3S/c1-11-8-16(22-10-11)17(20)18-7-6-13(19)15-9-12-4-2-3-5-14(12)21-15/h2-5,8-10,13,19H,6-7H2,1H3,(H,18,20). The van der Waals surface area contributed by atoms with Gasteiger partial charge in [-0.3, -0.25) is 4.79 Å². The molecule has 0 fully saturated rings. The molecule has 0 aliphatic heterocycles. The maximum atomic E-state index is 11.9. The van der Waals surface area contributed by atoms with Crippen molar-refractivity contribution in [2.75, 3.05) is 6.54 Å². The van der Waals surface area contributed by atoms with Crippen molar-refractivity contribution in [2.45, 2.75) is 19.4 Å². The smallest absolute Gasteiger partial charge is 0.261 e. The third kappa shape index (κ3) is 3.21. The van der Waals surface area contributed by atoms with Crippen LogP contribution >= 0.6 is 11.3 Å². The van der Waals surface area contributed by atoms with Gasteiger partial charge in [0.1, 0.15) is 17.4 Å². The fourth-order valence-electron chi connectivity index (χ4n) is 2.27. The highest BCUT2D eigenvalue weighted by molar-refractivity contribution is 7.12. The quantitative estimate of drug-likeness (QED) is 0.755. The fraction of sp³-hybridized carbons (Fsp3) is 0.235. The molecule has 0 radical (unpaired) electrons. The molecule has 22 heavy (non-hydrogen) atoms. The minimum Gasteiger partial charge on any atom is -0.458 e. The van der Waals surface area contributed by atoms with Gasteiger partial charge in [-0.05, 0) is 42.5 Å². The van der Waals surface area contributed by atoms with Gasteiger partial charge in [0.15, 0.2) is 0 Å². The summed E-state index contributed by atoms with van der Waals surface area (Å²) in [6.45, 7) is 2.35. The molecule has 1 aromatic carbocycles. The number of aliphatic hydroxyl groups excluding tert-OH is 1. The number of nitrogens with one attached hydrogen (secondary N) is 1. The number of aliphatic hydroxyl groups is 1. The van der Waals surface area contributed by atoms with E-state index in [-0.39, 0.29) is 5.91 Å². The third-order valence-corrected chi connectivity index (χ3v) is 4.48. The zero-order valence-electron chi connectivity index (χ0n) is 12.2. The number of furan rings is 1. The number of hydrogen-bond donors (Lipinski definition) is 2. The second kappa shape index (κ2) is 6.34. The normalized spacial score (nSPS) is 12.5. The SMILES string of the molecule is Cc1csc(C(=O)NCCC(O)c2cc3ccccc3o2)c1. The highest BCUT2D eigenvalue weighted by atomic mass is 32.1. The third-order valence-electron chi connectivity index (χ3n) is 3.43. The lowest BCUT2D eigenvalue weighted by Crippen LogP contribution is -2.24. The lowest BCUT2D eigenvalue weighted by Gasteiger charge is -2.08. The van der Waals surface area contributed by atoms with Gasteiger partial charge in [0.25, 0.3) is 5.91 Å². The molecule has 0 saturated heterocycles. The zero-order chi connectivity index (χ0) is 15.5. The van der Waals surface area contributed by atoms with Crippen molar-refractivity contribution < 1.29 is 14.3 Å². The Morgan fingerprint density at radius 1 is 1.36 bits per heavy atom. The van der Waals surface area contributed by atoms with Crippen LogP contribution in [-0.2, 0) is 0 Å². The van der Waals surface area contributed by atoms with Crippen LogP contribution < -0.4 is 5.32 Å². The summed E-state index contributed by atoms with van der Waals surface area (Å²) in [6.07, 6.45) is -0.312. The van der Waals surface area contributed by atoms with E-state index in [0.717, 1.165) is 16.5 Å². The largest absolute Gasteiger partial charge is 0.458 e. The van der Waals surface area contributed by atoms with E-state index in [1.54, 1.807) is 0 Å². The molecule has 3 aromatic rings. The summed E-state index contributed by atoms with van der Waals surface area (Å²) in [5.41, 5.74) is 1.84. The van der Waals surface area contributed by atoms with Crippen LogP contribution in [0.1, 0.15) is 33.5 Å². The average Bonchev–Trinajstić information content (AvgIpc) is 3.12. The maximum absolute atomic E-state index is 11.9. The number of carbonyl (C=O) groups is 1. The number of carbonyl (C=O) groups excluding carboxylic acids is 1. The number of thiophene rings is 1. The van der Waals surface area contributed by atoms with Gasteiger partial charge in [-0.15, -0.1) is 11.3 Å². The van der Waals surface area contributed by atoms with Crippen molar-refractivity contribution in [3.05, 3.63) is 58.0 Å². The van der Waals surface area contributed by atoms with Gasteiger partial charge in [-0.2, -0.15) is 0 Å². The van der Waals surface area contributed by atoms with Gasteiger partial charge >= 0.3 is 0 Å². The van der Waals surface area contributed by atoms with Gasteiger partial charge in [0.2, 0.25) is 0 Å². The molecule has 0 bridgehead atoms. The van der Waals surface area contributed by atoms with Crippen LogP contribution in [0, 0.1) is 6.92 Å². The summed E-state index contributed by atoms with van der Waals surface area (Å²) in [6, 6.07) is 11.3. The van der Waals surface area contributed by atoms with Gasteiger partial charge < -0.3 is 14.8 Å². The van der Waals surface area contributed by atoms with Gasteiger partial charge in [0.05, 0.1) is 4.88 Å². The van der Waals surface area contributed by atoms with Crippen LogP contribution in [0.25, 0.3) is 11.0 Å². The predicted molar refractivity (Wildman–Crippen MR) is 87.2 cm³/mol. The summed E-state index contributed by atoms with van der Waals surface area (Å²) in [7, 11) is 0. The van der Waals surface area contributed by atoms with Crippen molar-refractivity contribution in [3.63, 3.8) is 0 Å². The van der Waals surface area contributed by atoms with Gasteiger partial charge in [-0.1, -0.05) is 18.2 Å². The van der Waals surface area contributed by atoms with Gasteiger partial charge in [0, 0.05) is 11.9 Å². The van der Waals surface area contributed by atoms with Crippen LogP contribution in [0.3, 0.4) is 0 Å². The Kier molecular flexibility index (Phi) is 4.27. The number of fused-ring (bicyclic) bond motifs is 1. The molecule has 114 valence electrons. The topological polar surface area (TPSA) is 62.5 Å². The Morgan fingerprint density at radius 2 is 2.18 bits per heavy atom. The van der Waals surface area contributed by atoms with E-state index in [1.165, 1.54) is 11.3 Å². The molecule has 1 amide bonds. The molecule has 0 aliphatic carbocycles. The molecule has 4 nitrogen and oxygen atoms in total. The minimum absolute atomic E-state index is 0.102. The molecule has 5 heteroatoms. The predicted octanol–water partition coefficient (Wildman–Crippen LogP) is 3.66. The first kappa shape index (κ1) is 14.8. The molecule has 1 atom stereocenters. The second-order valence-electron chi connectivity index (χ2n) is 5.24. The first-order valence-corrected chi connectivity index (χ1v) is 8.01. The van der Waals surface area contributed by atoms with E-state index in [4.69, 9.17) is 4.42 Å².